The van der Waals surface area contributed by atoms with Crippen molar-refractivity contribution in [1.29, 1.82) is 5.26 Å². The summed E-state index contributed by atoms with van der Waals surface area (Å²) in [6.07, 6.45) is 3.31. The van der Waals surface area contributed by atoms with Crippen molar-refractivity contribution in [3.63, 3.8) is 0 Å². The van der Waals surface area contributed by atoms with Crippen LogP contribution in [0.3, 0.4) is 0 Å². The zero-order chi connectivity index (χ0) is 11.9. The summed E-state index contributed by atoms with van der Waals surface area (Å²) in [7, 11) is 0. The molecule has 0 spiro atoms. The number of thioether (sulfide) groups is 1. The molecule has 1 aromatic rings. The van der Waals surface area contributed by atoms with Crippen LogP contribution in [0, 0.1) is 11.3 Å². The Balaban J connectivity index is 2.31. The van der Waals surface area contributed by atoms with Crippen molar-refractivity contribution in [3.05, 3.63) is 6.33 Å². The molecule has 0 saturated heterocycles. The van der Waals surface area contributed by atoms with E-state index in [4.69, 9.17) is 5.26 Å². The summed E-state index contributed by atoms with van der Waals surface area (Å²) in [5, 5.41) is 19.7. The van der Waals surface area contributed by atoms with Crippen molar-refractivity contribution in [2.24, 2.45) is 0 Å². The molecule has 1 heterocycles. The van der Waals surface area contributed by atoms with Gasteiger partial charge in [-0.1, -0.05) is 18.7 Å². The van der Waals surface area contributed by atoms with Crippen LogP contribution in [-0.2, 0) is 0 Å². The predicted octanol–water partition coefficient (Wildman–Crippen LogP) is 1.57. The third kappa shape index (κ3) is 4.21. The number of rotatable bonds is 7. The second-order valence-electron chi connectivity index (χ2n) is 3.76. The summed E-state index contributed by atoms with van der Waals surface area (Å²) < 4.78 is 0. The summed E-state index contributed by atoms with van der Waals surface area (Å²) in [5.74, 6) is 0.843. The van der Waals surface area contributed by atoms with E-state index in [1.54, 1.807) is 11.8 Å². The minimum absolute atomic E-state index is 0.441. The van der Waals surface area contributed by atoms with Gasteiger partial charge in [0.15, 0.2) is 5.16 Å². The van der Waals surface area contributed by atoms with Crippen LogP contribution in [0.2, 0.25) is 0 Å². The molecule has 0 amide bonds. The first kappa shape index (κ1) is 13.0. The van der Waals surface area contributed by atoms with Gasteiger partial charge >= 0.3 is 0 Å². The lowest BCUT2D eigenvalue weighted by Gasteiger charge is -2.22. The smallest absolute Gasteiger partial charge is 0.183 e. The second-order valence-corrected chi connectivity index (χ2v) is 4.84. The molecule has 1 aromatic heterocycles. The minimum Gasteiger partial charge on any atom is -0.300 e. The fraction of sp³-hybridized carbons (Fsp3) is 0.700. The topological polar surface area (TPSA) is 77.4 Å². The maximum Gasteiger partial charge on any atom is 0.183 e. The molecule has 1 unspecified atom stereocenters. The maximum atomic E-state index is 9.11. The van der Waals surface area contributed by atoms with Gasteiger partial charge in [-0.15, -0.1) is 0 Å². The van der Waals surface area contributed by atoms with Gasteiger partial charge in [-0.05, 0) is 26.3 Å². The van der Waals surface area contributed by atoms with Crippen LogP contribution in [0.25, 0.3) is 0 Å². The number of nitrogens with zero attached hydrogens (tertiary/aromatic N) is 3. The van der Waals surface area contributed by atoms with Crippen LogP contribution in [0.5, 0.6) is 0 Å². The monoisotopic (exact) mass is 239 g/mol. The van der Waals surface area contributed by atoms with E-state index in [2.05, 4.69) is 33.5 Å². The van der Waals surface area contributed by atoms with Crippen LogP contribution in [0.15, 0.2) is 11.5 Å². The first-order valence-electron chi connectivity index (χ1n) is 5.34. The lowest BCUT2D eigenvalue weighted by Crippen LogP contribution is -2.41. The molecule has 0 radical (unpaired) electrons. The SMILES string of the molecule is CCCNC(C)(C#N)CCSc1ncn[nH]1. The number of hydrogen-bond donors (Lipinski definition) is 2. The van der Waals surface area contributed by atoms with Crippen LogP contribution in [-0.4, -0.2) is 33.0 Å². The van der Waals surface area contributed by atoms with Crippen molar-refractivity contribution in [3.8, 4) is 6.07 Å². The Hall–Kier alpha value is -1.06. The van der Waals surface area contributed by atoms with Crippen LogP contribution >= 0.6 is 11.8 Å². The Labute approximate surface area is 100 Å². The summed E-state index contributed by atoms with van der Waals surface area (Å²) in [6.45, 7) is 4.90. The van der Waals surface area contributed by atoms with E-state index in [9.17, 15) is 0 Å². The van der Waals surface area contributed by atoms with E-state index in [0.29, 0.717) is 0 Å². The molecule has 0 fully saturated rings. The van der Waals surface area contributed by atoms with Crippen molar-refractivity contribution in [2.45, 2.75) is 37.4 Å². The summed E-state index contributed by atoms with van der Waals surface area (Å²) in [5.41, 5.74) is -0.441. The molecule has 0 aliphatic heterocycles. The molecule has 0 aromatic carbocycles. The molecule has 88 valence electrons. The zero-order valence-corrected chi connectivity index (χ0v) is 10.5. The number of hydrogen-bond acceptors (Lipinski definition) is 5. The first-order chi connectivity index (χ1) is 7.70. The molecule has 6 heteroatoms. The Morgan fingerprint density at radius 3 is 3.06 bits per heavy atom. The number of nitrogens with one attached hydrogen (secondary N) is 2. The highest BCUT2D eigenvalue weighted by atomic mass is 32.2. The van der Waals surface area contributed by atoms with E-state index < -0.39 is 5.54 Å². The van der Waals surface area contributed by atoms with Gasteiger partial charge in [0, 0.05) is 5.75 Å². The normalized spacial score (nSPS) is 14.3. The van der Waals surface area contributed by atoms with E-state index in [-0.39, 0.29) is 0 Å². The van der Waals surface area contributed by atoms with Gasteiger partial charge in [-0.3, -0.25) is 10.4 Å². The molecule has 0 aliphatic carbocycles. The van der Waals surface area contributed by atoms with E-state index in [1.807, 2.05) is 6.92 Å². The van der Waals surface area contributed by atoms with Crippen molar-refractivity contribution in [1.82, 2.24) is 20.5 Å². The lowest BCUT2D eigenvalue weighted by atomic mass is 10.0. The summed E-state index contributed by atoms with van der Waals surface area (Å²) in [6, 6.07) is 2.32. The number of aromatic amines is 1. The molecular formula is C10H17N5S. The average Bonchev–Trinajstić information content (AvgIpc) is 2.79. The van der Waals surface area contributed by atoms with Crippen LogP contribution in [0.4, 0.5) is 0 Å². The van der Waals surface area contributed by atoms with Crippen LogP contribution in [0.1, 0.15) is 26.7 Å². The lowest BCUT2D eigenvalue weighted by molar-refractivity contribution is 0.437. The predicted molar refractivity (Wildman–Crippen MR) is 64.0 cm³/mol. The standard InChI is InChI=1S/C10H17N5S/c1-3-5-13-10(2,7-11)4-6-16-9-12-8-14-15-9/h8,13H,3-6H2,1-2H3,(H,12,14,15). The van der Waals surface area contributed by atoms with Gasteiger partial charge < -0.3 is 0 Å². The third-order valence-electron chi connectivity index (χ3n) is 2.25. The molecule has 5 nitrogen and oxygen atoms in total. The Bertz CT molecular complexity index is 331. The molecule has 1 atom stereocenters. The van der Waals surface area contributed by atoms with Gasteiger partial charge in [-0.25, -0.2) is 4.98 Å². The highest BCUT2D eigenvalue weighted by Gasteiger charge is 2.22. The van der Waals surface area contributed by atoms with E-state index in [0.717, 1.165) is 30.3 Å². The van der Waals surface area contributed by atoms with E-state index in [1.165, 1.54) is 6.33 Å². The molecule has 16 heavy (non-hydrogen) atoms. The van der Waals surface area contributed by atoms with Gasteiger partial charge in [0.25, 0.3) is 0 Å². The number of nitriles is 1. The molecular weight excluding hydrogens is 222 g/mol. The van der Waals surface area contributed by atoms with Crippen molar-refractivity contribution >= 4 is 11.8 Å². The van der Waals surface area contributed by atoms with Crippen molar-refractivity contribution in [2.75, 3.05) is 12.3 Å². The minimum atomic E-state index is -0.441. The molecule has 0 bridgehead atoms. The average molecular weight is 239 g/mol. The fourth-order valence-electron chi connectivity index (χ4n) is 1.20. The number of H-pyrrole nitrogens is 1. The van der Waals surface area contributed by atoms with Gasteiger partial charge in [0.05, 0.1) is 6.07 Å². The summed E-state index contributed by atoms with van der Waals surface area (Å²) in [4.78, 5) is 4.02. The Kier molecular flexibility index (Phi) is 5.29. The molecule has 1 rings (SSSR count). The third-order valence-corrected chi connectivity index (χ3v) is 3.12. The largest absolute Gasteiger partial charge is 0.300 e. The summed E-state index contributed by atoms with van der Waals surface area (Å²) >= 11 is 1.58. The molecule has 0 saturated carbocycles. The fourth-order valence-corrected chi connectivity index (χ4v) is 2.14. The molecule has 2 N–H and O–H groups in total. The maximum absolute atomic E-state index is 9.11. The first-order valence-corrected chi connectivity index (χ1v) is 6.33. The Morgan fingerprint density at radius 1 is 1.69 bits per heavy atom. The highest BCUT2D eigenvalue weighted by molar-refractivity contribution is 7.99. The highest BCUT2D eigenvalue weighted by Crippen LogP contribution is 2.17. The second kappa shape index (κ2) is 6.51. The number of aromatic nitrogens is 3. The van der Waals surface area contributed by atoms with Crippen molar-refractivity contribution < 1.29 is 0 Å². The zero-order valence-electron chi connectivity index (χ0n) is 9.66. The van der Waals surface area contributed by atoms with E-state index >= 15 is 0 Å². The van der Waals surface area contributed by atoms with Gasteiger partial charge in [-0.2, -0.15) is 10.4 Å². The van der Waals surface area contributed by atoms with Gasteiger partial charge in [0.2, 0.25) is 0 Å². The Morgan fingerprint density at radius 2 is 2.50 bits per heavy atom. The molecule has 0 aliphatic rings. The van der Waals surface area contributed by atoms with Crippen LogP contribution < -0.4 is 5.32 Å². The van der Waals surface area contributed by atoms with Gasteiger partial charge in [0.1, 0.15) is 11.9 Å². The quantitative estimate of drug-likeness (QED) is 0.706.